The van der Waals surface area contributed by atoms with E-state index < -0.39 is 5.25 Å². The lowest BCUT2D eigenvalue weighted by Crippen LogP contribution is -2.23. The monoisotopic (exact) mass is 389 g/mol. The van der Waals surface area contributed by atoms with Crippen LogP contribution in [0.4, 0.5) is 5.69 Å². The van der Waals surface area contributed by atoms with E-state index in [1.54, 1.807) is 43.0 Å². The second-order valence-corrected chi connectivity index (χ2v) is 7.04. The summed E-state index contributed by atoms with van der Waals surface area (Å²) in [6.07, 6.45) is 0. The van der Waals surface area contributed by atoms with Crippen molar-refractivity contribution in [3.8, 4) is 11.4 Å². The van der Waals surface area contributed by atoms with Crippen molar-refractivity contribution < 1.29 is 9.53 Å². The summed E-state index contributed by atoms with van der Waals surface area (Å²) in [5.74, 6) is 0.425. The molecule has 1 amide bonds. The van der Waals surface area contributed by atoms with Crippen molar-refractivity contribution >= 4 is 35.0 Å². The molecule has 1 aromatic heterocycles. The molecule has 0 saturated carbocycles. The Bertz CT molecular complexity index is 900. The van der Waals surface area contributed by atoms with E-state index >= 15 is 0 Å². The van der Waals surface area contributed by atoms with Gasteiger partial charge in [0.2, 0.25) is 11.1 Å². The maximum absolute atomic E-state index is 12.5. The summed E-state index contributed by atoms with van der Waals surface area (Å²) in [7, 11) is 1.56. The molecule has 1 atom stereocenters. The number of para-hydroxylation sites is 2. The molecule has 134 valence electrons. The van der Waals surface area contributed by atoms with E-state index in [-0.39, 0.29) is 5.91 Å². The lowest BCUT2D eigenvalue weighted by Gasteiger charge is -2.13. The Hall–Kier alpha value is -2.58. The van der Waals surface area contributed by atoms with Crippen molar-refractivity contribution in [2.24, 2.45) is 0 Å². The number of carbonyl (C=O) groups excluding carboxylic acids is 1. The van der Waals surface area contributed by atoms with Crippen molar-refractivity contribution in [2.75, 3.05) is 12.4 Å². The molecular weight excluding hydrogens is 374 g/mol. The smallest absolute Gasteiger partial charge is 0.237 e. The van der Waals surface area contributed by atoms with Gasteiger partial charge in [-0.3, -0.25) is 4.79 Å². The SMILES string of the molecule is COc1ccccc1NC(=O)[C@@H](C)Sc1nnnn1-c1ccc(Cl)cc1. The van der Waals surface area contributed by atoms with E-state index in [2.05, 4.69) is 20.8 Å². The number of ether oxygens (including phenoxy) is 1. The van der Waals surface area contributed by atoms with Crippen LogP contribution >= 0.6 is 23.4 Å². The summed E-state index contributed by atoms with van der Waals surface area (Å²) in [4.78, 5) is 12.5. The molecule has 0 aliphatic heterocycles. The lowest BCUT2D eigenvalue weighted by atomic mass is 10.3. The fourth-order valence-electron chi connectivity index (χ4n) is 2.19. The minimum Gasteiger partial charge on any atom is -0.495 e. The normalized spacial score (nSPS) is 11.8. The molecule has 0 bridgehead atoms. The van der Waals surface area contributed by atoms with Crippen LogP contribution < -0.4 is 10.1 Å². The van der Waals surface area contributed by atoms with Gasteiger partial charge in [0.25, 0.3) is 0 Å². The molecule has 0 saturated heterocycles. The molecule has 0 aliphatic carbocycles. The van der Waals surface area contributed by atoms with E-state index in [4.69, 9.17) is 16.3 Å². The maximum Gasteiger partial charge on any atom is 0.237 e. The predicted molar refractivity (Wildman–Crippen MR) is 101 cm³/mol. The third kappa shape index (κ3) is 4.14. The highest BCUT2D eigenvalue weighted by Gasteiger charge is 2.20. The minimum absolute atomic E-state index is 0.176. The van der Waals surface area contributed by atoms with Crippen LogP contribution in [-0.2, 0) is 4.79 Å². The maximum atomic E-state index is 12.5. The van der Waals surface area contributed by atoms with E-state index in [0.717, 1.165) is 5.69 Å². The van der Waals surface area contributed by atoms with Crippen molar-refractivity contribution in [2.45, 2.75) is 17.3 Å². The zero-order valence-electron chi connectivity index (χ0n) is 14.1. The van der Waals surface area contributed by atoms with Gasteiger partial charge in [0.05, 0.1) is 23.7 Å². The third-order valence-electron chi connectivity index (χ3n) is 3.53. The second kappa shape index (κ2) is 8.20. The summed E-state index contributed by atoms with van der Waals surface area (Å²) < 4.78 is 6.81. The summed E-state index contributed by atoms with van der Waals surface area (Å²) in [5.41, 5.74) is 1.38. The molecule has 0 spiro atoms. The van der Waals surface area contributed by atoms with Crippen LogP contribution in [-0.4, -0.2) is 38.5 Å². The number of nitrogens with one attached hydrogen (secondary N) is 1. The number of thioether (sulfide) groups is 1. The third-order valence-corrected chi connectivity index (χ3v) is 4.81. The fraction of sp³-hybridized carbons (Fsp3) is 0.176. The van der Waals surface area contributed by atoms with Crippen LogP contribution in [0.5, 0.6) is 5.75 Å². The number of benzene rings is 2. The zero-order valence-corrected chi connectivity index (χ0v) is 15.7. The molecule has 26 heavy (non-hydrogen) atoms. The number of hydrogen-bond acceptors (Lipinski definition) is 6. The molecule has 0 aliphatic rings. The van der Waals surface area contributed by atoms with Crippen LogP contribution in [0.25, 0.3) is 5.69 Å². The molecule has 3 aromatic rings. The van der Waals surface area contributed by atoms with E-state index in [0.29, 0.717) is 21.6 Å². The number of nitrogens with zero attached hydrogens (tertiary/aromatic N) is 4. The van der Waals surface area contributed by atoms with Gasteiger partial charge in [0, 0.05) is 5.02 Å². The first kappa shape index (κ1) is 18.2. The van der Waals surface area contributed by atoms with Crippen molar-refractivity contribution in [1.82, 2.24) is 20.2 Å². The van der Waals surface area contributed by atoms with Gasteiger partial charge in [-0.05, 0) is 53.7 Å². The van der Waals surface area contributed by atoms with Crippen molar-refractivity contribution in [3.05, 3.63) is 53.6 Å². The predicted octanol–water partition coefficient (Wildman–Crippen LogP) is 3.44. The molecule has 2 aromatic carbocycles. The van der Waals surface area contributed by atoms with Crippen LogP contribution in [0.3, 0.4) is 0 Å². The summed E-state index contributed by atoms with van der Waals surface area (Å²) in [6, 6.07) is 14.4. The Morgan fingerprint density at radius 1 is 1.23 bits per heavy atom. The van der Waals surface area contributed by atoms with Gasteiger partial charge in [-0.2, -0.15) is 4.68 Å². The Morgan fingerprint density at radius 3 is 2.69 bits per heavy atom. The first-order valence-corrected chi connectivity index (χ1v) is 8.99. The van der Waals surface area contributed by atoms with Crippen LogP contribution in [0, 0.1) is 0 Å². The standard InChI is InChI=1S/C17H16ClN5O2S/c1-11(16(24)19-14-5-3-4-6-15(14)25-2)26-17-20-21-22-23(17)13-9-7-12(18)8-10-13/h3-11H,1-2H3,(H,19,24)/t11-/m1/s1. The average Bonchev–Trinajstić information content (AvgIpc) is 3.10. The number of hydrogen-bond donors (Lipinski definition) is 1. The van der Waals surface area contributed by atoms with E-state index in [1.807, 2.05) is 24.3 Å². The molecule has 0 fully saturated rings. The molecule has 0 unspecified atom stereocenters. The number of rotatable bonds is 6. The highest BCUT2D eigenvalue weighted by molar-refractivity contribution is 8.00. The Balaban J connectivity index is 1.72. The van der Waals surface area contributed by atoms with Gasteiger partial charge in [-0.15, -0.1) is 5.10 Å². The number of methoxy groups -OCH3 is 1. The molecule has 1 N–H and O–H groups in total. The second-order valence-electron chi connectivity index (χ2n) is 5.30. The molecule has 7 nitrogen and oxygen atoms in total. The molecule has 9 heteroatoms. The first-order chi connectivity index (χ1) is 12.6. The topological polar surface area (TPSA) is 81.9 Å². The number of anilines is 1. The van der Waals surface area contributed by atoms with Gasteiger partial charge < -0.3 is 10.1 Å². The lowest BCUT2D eigenvalue weighted by molar-refractivity contribution is -0.115. The van der Waals surface area contributed by atoms with Gasteiger partial charge in [-0.1, -0.05) is 35.5 Å². The summed E-state index contributed by atoms with van der Waals surface area (Å²) >= 11 is 7.17. The minimum atomic E-state index is -0.419. The summed E-state index contributed by atoms with van der Waals surface area (Å²) in [6.45, 7) is 1.79. The van der Waals surface area contributed by atoms with Gasteiger partial charge in [-0.25, -0.2) is 0 Å². The Labute approximate surface area is 159 Å². The van der Waals surface area contributed by atoms with Crippen LogP contribution in [0.1, 0.15) is 6.92 Å². The highest BCUT2D eigenvalue weighted by Crippen LogP contribution is 2.27. The van der Waals surface area contributed by atoms with Gasteiger partial charge >= 0.3 is 0 Å². The van der Waals surface area contributed by atoms with Gasteiger partial charge in [0.15, 0.2) is 0 Å². The quantitative estimate of drug-likeness (QED) is 0.650. The largest absolute Gasteiger partial charge is 0.495 e. The van der Waals surface area contributed by atoms with Crippen molar-refractivity contribution in [1.29, 1.82) is 0 Å². The number of halogens is 1. The number of tetrazole rings is 1. The van der Waals surface area contributed by atoms with E-state index in [9.17, 15) is 4.79 Å². The number of amides is 1. The highest BCUT2D eigenvalue weighted by atomic mass is 35.5. The van der Waals surface area contributed by atoms with Crippen LogP contribution in [0.15, 0.2) is 53.7 Å². The molecule has 1 heterocycles. The first-order valence-electron chi connectivity index (χ1n) is 7.73. The Kier molecular flexibility index (Phi) is 5.75. The zero-order chi connectivity index (χ0) is 18.5. The number of carbonyl (C=O) groups is 1. The molecule has 0 radical (unpaired) electrons. The number of aromatic nitrogens is 4. The van der Waals surface area contributed by atoms with Crippen molar-refractivity contribution in [3.63, 3.8) is 0 Å². The molecular formula is C17H16ClN5O2S. The Morgan fingerprint density at radius 2 is 1.96 bits per heavy atom. The average molecular weight is 390 g/mol. The molecule has 3 rings (SSSR count). The van der Waals surface area contributed by atoms with E-state index in [1.165, 1.54) is 11.8 Å². The summed E-state index contributed by atoms with van der Waals surface area (Å²) in [5, 5.41) is 15.3. The fourth-order valence-corrected chi connectivity index (χ4v) is 3.12. The van der Waals surface area contributed by atoms with Gasteiger partial charge in [0.1, 0.15) is 5.75 Å². The van der Waals surface area contributed by atoms with Crippen LogP contribution in [0.2, 0.25) is 5.02 Å².